The highest BCUT2D eigenvalue weighted by molar-refractivity contribution is 5.89. The Bertz CT molecular complexity index is 132. The van der Waals surface area contributed by atoms with Gasteiger partial charge in [0.2, 0.25) is 0 Å². The molecule has 1 aliphatic heterocycles. The third-order valence-corrected chi connectivity index (χ3v) is 1.34. The fourth-order valence-corrected chi connectivity index (χ4v) is 0.653. The van der Waals surface area contributed by atoms with Gasteiger partial charge in [-0.15, -0.1) is 0 Å². The van der Waals surface area contributed by atoms with Crippen molar-refractivity contribution in [3.8, 4) is 0 Å². The van der Waals surface area contributed by atoms with E-state index in [1.165, 1.54) is 5.71 Å². The summed E-state index contributed by atoms with van der Waals surface area (Å²) in [5, 5.41) is 0. The third-order valence-electron chi connectivity index (χ3n) is 1.34. The minimum atomic E-state index is 1.09. The monoisotopic (exact) mass is 126 g/mol. The van der Waals surface area contributed by atoms with Crippen LogP contribution < -0.4 is 0 Å². The summed E-state index contributed by atoms with van der Waals surface area (Å²) in [4.78, 5) is 0. The molecule has 1 heteroatoms. The van der Waals surface area contributed by atoms with Crippen LogP contribution in [0, 0.1) is 0 Å². The molecule has 1 nitrogen and oxygen atoms in total. The van der Waals surface area contributed by atoms with Crippen molar-refractivity contribution in [2.45, 2.75) is 20.8 Å². The lowest BCUT2D eigenvalue weighted by molar-refractivity contribution is -0.482. The molecule has 0 amide bonds. The Hall–Kier alpha value is -0.590. The summed E-state index contributed by atoms with van der Waals surface area (Å²) in [5.74, 6) is 0. The highest BCUT2D eigenvalue weighted by atomic mass is 15.0. The minimum absolute atomic E-state index is 1.09. The van der Waals surface area contributed by atoms with Gasteiger partial charge in [0, 0.05) is 13.0 Å². The zero-order valence-corrected chi connectivity index (χ0v) is 6.81. The van der Waals surface area contributed by atoms with Crippen LogP contribution in [0.3, 0.4) is 0 Å². The molecule has 1 rings (SSSR count). The zero-order chi connectivity index (χ0) is 7.28. The molecule has 1 aliphatic rings. The van der Waals surface area contributed by atoms with Gasteiger partial charge in [-0.05, 0) is 6.08 Å². The summed E-state index contributed by atoms with van der Waals surface area (Å²) in [6.45, 7) is 7.20. The lowest BCUT2D eigenvalue weighted by atomic mass is 10.4. The maximum atomic E-state index is 2.21. The Balaban J connectivity index is 0.000000291. The molecule has 1 heterocycles. The molecular weight excluding hydrogens is 110 g/mol. The van der Waals surface area contributed by atoms with Crippen LogP contribution in [-0.4, -0.2) is 23.9 Å². The van der Waals surface area contributed by atoms with E-state index in [0.717, 1.165) is 6.54 Å². The van der Waals surface area contributed by atoms with Crippen LogP contribution in [0.15, 0.2) is 12.2 Å². The molecule has 0 bridgehead atoms. The number of hydrogen-bond donors (Lipinski definition) is 0. The molecule has 0 unspecified atom stereocenters. The quantitative estimate of drug-likeness (QED) is 0.434. The first-order chi connectivity index (χ1) is 4.30. The van der Waals surface area contributed by atoms with Gasteiger partial charge >= 0.3 is 0 Å². The van der Waals surface area contributed by atoms with Crippen LogP contribution in [0.2, 0.25) is 0 Å². The van der Waals surface area contributed by atoms with E-state index < -0.39 is 0 Å². The van der Waals surface area contributed by atoms with E-state index in [0.29, 0.717) is 0 Å². The van der Waals surface area contributed by atoms with Gasteiger partial charge in [0.1, 0.15) is 7.05 Å². The van der Waals surface area contributed by atoms with Gasteiger partial charge < -0.3 is 0 Å². The Morgan fingerprint density at radius 2 is 2.00 bits per heavy atom. The summed E-state index contributed by atoms with van der Waals surface area (Å²) in [5.41, 5.74) is 1.36. The molecule has 0 fully saturated rings. The maximum Gasteiger partial charge on any atom is 0.172 e. The van der Waals surface area contributed by atoms with Crippen molar-refractivity contribution < 1.29 is 4.58 Å². The summed E-state index contributed by atoms with van der Waals surface area (Å²) < 4.78 is 2.21. The molecule has 0 aliphatic carbocycles. The molecule has 0 saturated heterocycles. The van der Waals surface area contributed by atoms with Gasteiger partial charge in [0.25, 0.3) is 0 Å². The Labute approximate surface area is 57.7 Å². The lowest BCUT2D eigenvalue weighted by Gasteiger charge is -1.83. The first kappa shape index (κ1) is 8.41. The van der Waals surface area contributed by atoms with Crippen LogP contribution in [0.1, 0.15) is 20.8 Å². The first-order valence-corrected chi connectivity index (χ1v) is 3.52. The molecule has 0 N–H and O–H groups in total. The Kier molecular flexibility index (Phi) is 4.02. The van der Waals surface area contributed by atoms with Crippen LogP contribution in [-0.2, 0) is 0 Å². The van der Waals surface area contributed by atoms with Gasteiger partial charge in [0.15, 0.2) is 12.3 Å². The van der Waals surface area contributed by atoms with E-state index in [4.69, 9.17) is 0 Å². The molecule has 52 valence electrons. The van der Waals surface area contributed by atoms with Gasteiger partial charge in [-0.1, -0.05) is 13.8 Å². The Morgan fingerprint density at radius 3 is 2.11 bits per heavy atom. The van der Waals surface area contributed by atoms with Crippen molar-refractivity contribution in [2.75, 3.05) is 13.6 Å². The third kappa shape index (κ3) is 2.45. The largest absolute Gasteiger partial charge is 0.233 e. The minimum Gasteiger partial charge on any atom is -0.233 e. The molecule has 0 aromatic heterocycles. The van der Waals surface area contributed by atoms with Crippen molar-refractivity contribution >= 4 is 5.71 Å². The standard InChI is InChI=1S/C6H10N.C2H6/c1-6-4-3-5-7(6)2;1-2/h3-4H,5H2,1-2H3;1-2H3/q+1;. The first-order valence-electron chi connectivity index (χ1n) is 3.52. The average Bonchev–Trinajstić information content (AvgIpc) is 2.23. The molecular formula is C8H16N+. The predicted octanol–water partition coefficient (Wildman–Crippen LogP) is 1.69. The van der Waals surface area contributed by atoms with Crippen LogP contribution >= 0.6 is 0 Å². The van der Waals surface area contributed by atoms with Crippen LogP contribution in [0.4, 0.5) is 0 Å². The topological polar surface area (TPSA) is 3.01 Å². The number of likely N-dealkylation sites (N-methyl/N-ethyl adjacent to an activating group) is 1. The molecule has 0 radical (unpaired) electrons. The van der Waals surface area contributed by atoms with Crippen LogP contribution in [0.5, 0.6) is 0 Å². The van der Waals surface area contributed by atoms with Gasteiger partial charge in [0.05, 0.1) is 0 Å². The van der Waals surface area contributed by atoms with Crippen molar-refractivity contribution in [1.82, 2.24) is 0 Å². The molecule has 9 heavy (non-hydrogen) atoms. The summed E-state index contributed by atoms with van der Waals surface area (Å²) in [6.07, 6.45) is 4.30. The van der Waals surface area contributed by atoms with E-state index in [9.17, 15) is 0 Å². The fraction of sp³-hybridized carbons (Fsp3) is 0.625. The number of allylic oxidation sites excluding steroid dienone is 1. The summed E-state index contributed by atoms with van der Waals surface area (Å²) >= 11 is 0. The smallest absolute Gasteiger partial charge is 0.172 e. The summed E-state index contributed by atoms with van der Waals surface area (Å²) in [6, 6.07) is 0. The second-order valence-corrected chi connectivity index (χ2v) is 1.92. The highest BCUT2D eigenvalue weighted by Gasteiger charge is 2.03. The Morgan fingerprint density at radius 1 is 1.44 bits per heavy atom. The molecule has 0 saturated carbocycles. The molecule has 0 aromatic rings. The van der Waals surface area contributed by atoms with Crippen LogP contribution in [0.25, 0.3) is 0 Å². The van der Waals surface area contributed by atoms with Gasteiger partial charge in [-0.25, -0.2) is 4.58 Å². The SMILES string of the molecule is CC.CC1=[N+](C)CC=C1. The fourth-order valence-electron chi connectivity index (χ4n) is 0.653. The van der Waals surface area contributed by atoms with E-state index in [-0.39, 0.29) is 0 Å². The maximum absolute atomic E-state index is 2.21. The second-order valence-electron chi connectivity index (χ2n) is 1.92. The number of rotatable bonds is 0. The average molecular weight is 126 g/mol. The predicted molar refractivity (Wildman–Crippen MR) is 42.2 cm³/mol. The van der Waals surface area contributed by atoms with Crippen molar-refractivity contribution in [3.05, 3.63) is 12.2 Å². The van der Waals surface area contributed by atoms with Crippen molar-refractivity contribution in [1.29, 1.82) is 0 Å². The number of nitrogens with zero attached hydrogens (tertiary/aromatic N) is 1. The normalized spacial score (nSPS) is 15.6. The van der Waals surface area contributed by atoms with E-state index in [1.807, 2.05) is 13.8 Å². The van der Waals surface area contributed by atoms with E-state index in [1.54, 1.807) is 0 Å². The zero-order valence-electron chi connectivity index (χ0n) is 6.81. The van der Waals surface area contributed by atoms with Crippen molar-refractivity contribution in [3.63, 3.8) is 0 Å². The molecule has 0 aromatic carbocycles. The van der Waals surface area contributed by atoms with Gasteiger partial charge in [-0.2, -0.15) is 0 Å². The van der Waals surface area contributed by atoms with Crippen molar-refractivity contribution in [2.24, 2.45) is 0 Å². The van der Waals surface area contributed by atoms with Gasteiger partial charge in [-0.3, -0.25) is 0 Å². The second kappa shape index (κ2) is 4.30. The van der Waals surface area contributed by atoms with E-state index in [2.05, 4.69) is 30.7 Å². The highest BCUT2D eigenvalue weighted by Crippen LogP contribution is 1.88. The molecule has 0 atom stereocenters. The lowest BCUT2D eigenvalue weighted by Crippen LogP contribution is -2.05. The number of hydrogen-bond acceptors (Lipinski definition) is 0. The van der Waals surface area contributed by atoms with E-state index >= 15 is 0 Å². The molecule has 0 spiro atoms. The summed E-state index contributed by atoms with van der Waals surface area (Å²) in [7, 11) is 2.09.